The molecule has 1 amide bonds. The number of rotatable bonds is 5. The van der Waals surface area contributed by atoms with Crippen molar-refractivity contribution in [3.63, 3.8) is 0 Å². The smallest absolute Gasteiger partial charge is 0.300 e. The van der Waals surface area contributed by atoms with Gasteiger partial charge >= 0.3 is 0 Å². The summed E-state index contributed by atoms with van der Waals surface area (Å²) >= 11 is 0. The number of benzene rings is 3. The molecule has 1 saturated heterocycles. The minimum Gasteiger partial charge on any atom is -0.507 e. The van der Waals surface area contributed by atoms with Gasteiger partial charge in [0.15, 0.2) is 0 Å². The lowest BCUT2D eigenvalue weighted by molar-refractivity contribution is -0.132. The SMILES string of the molecule is COc1cccc(C2/C(=C(\O)c3cc(C(C)(C)C)ccc3OC)C(=O)C(=O)N2c2ccccc2C)c1. The van der Waals surface area contributed by atoms with E-state index >= 15 is 0 Å². The van der Waals surface area contributed by atoms with Crippen molar-refractivity contribution in [1.82, 2.24) is 0 Å². The van der Waals surface area contributed by atoms with Gasteiger partial charge in [0.25, 0.3) is 11.7 Å². The number of ether oxygens (including phenoxy) is 2. The molecule has 1 unspecified atom stereocenters. The molecule has 0 saturated carbocycles. The molecule has 6 heteroatoms. The minimum atomic E-state index is -0.857. The van der Waals surface area contributed by atoms with Gasteiger partial charge in [-0.25, -0.2) is 0 Å². The molecule has 1 heterocycles. The van der Waals surface area contributed by atoms with Gasteiger partial charge in [0.2, 0.25) is 0 Å². The number of para-hydroxylation sites is 1. The Labute approximate surface area is 211 Å². The zero-order valence-electron chi connectivity index (χ0n) is 21.5. The van der Waals surface area contributed by atoms with Crippen LogP contribution in [0.1, 0.15) is 49.1 Å². The quantitative estimate of drug-likeness (QED) is 0.275. The van der Waals surface area contributed by atoms with Crippen LogP contribution in [0.15, 0.2) is 72.3 Å². The molecule has 0 radical (unpaired) electrons. The van der Waals surface area contributed by atoms with Crippen LogP contribution in [0.2, 0.25) is 0 Å². The second kappa shape index (κ2) is 9.53. The van der Waals surface area contributed by atoms with Crippen LogP contribution in [0.5, 0.6) is 11.5 Å². The fourth-order valence-electron chi connectivity index (χ4n) is 4.55. The number of carbonyl (C=O) groups is 2. The Kier molecular flexibility index (Phi) is 6.63. The van der Waals surface area contributed by atoms with Crippen LogP contribution in [0.3, 0.4) is 0 Å². The average molecular weight is 486 g/mol. The van der Waals surface area contributed by atoms with Gasteiger partial charge in [-0.05, 0) is 59.4 Å². The second-order valence-electron chi connectivity index (χ2n) is 9.90. The van der Waals surface area contributed by atoms with E-state index in [-0.39, 0.29) is 16.7 Å². The Balaban J connectivity index is 2.03. The van der Waals surface area contributed by atoms with Crippen LogP contribution in [-0.4, -0.2) is 31.0 Å². The third-order valence-corrected chi connectivity index (χ3v) is 6.55. The van der Waals surface area contributed by atoms with Crippen molar-refractivity contribution in [3.05, 3.63) is 94.6 Å². The van der Waals surface area contributed by atoms with Gasteiger partial charge in [-0.15, -0.1) is 0 Å². The third kappa shape index (κ3) is 4.35. The summed E-state index contributed by atoms with van der Waals surface area (Å²) in [5.41, 5.74) is 3.18. The molecule has 0 bridgehead atoms. The number of Topliss-reactive ketones (excluding diaryl/α,β-unsaturated/α-hetero) is 1. The van der Waals surface area contributed by atoms with Crippen LogP contribution in [0.25, 0.3) is 5.76 Å². The van der Waals surface area contributed by atoms with Crippen LogP contribution in [0.4, 0.5) is 5.69 Å². The van der Waals surface area contributed by atoms with Crippen molar-refractivity contribution in [2.45, 2.75) is 39.2 Å². The molecule has 1 fully saturated rings. The average Bonchev–Trinajstić information content (AvgIpc) is 3.13. The lowest BCUT2D eigenvalue weighted by Gasteiger charge is -2.27. The van der Waals surface area contributed by atoms with Crippen LogP contribution in [-0.2, 0) is 15.0 Å². The van der Waals surface area contributed by atoms with E-state index in [1.807, 2.05) is 43.3 Å². The molecular formula is C30H31NO5. The van der Waals surface area contributed by atoms with Gasteiger partial charge in [0.05, 0.1) is 31.4 Å². The van der Waals surface area contributed by atoms with E-state index in [1.165, 1.54) is 12.0 Å². The molecule has 3 aromatic rings. The zero-order chi connectivity index (χ0) is 26.2. The van der Waals surface area contributed by atoms with E-state index < -0.39 is 17.7 Å². The lowest BCUT2D eigenvalue weighted by Crippen LogP contribution is -2.30. The highest BCUT2D eigenvalue weighted by Crippen LogP contribution is 2.45. The largest absolute Gasteiger partial charge is 0.507 e. The normalized spacial score (nSPS) is 17.4. The Morgan fingerprint density at radius 1 is 0.917 bits per heavy atom. The van der Waals surface area contributed by atoms with Crippen molar-refractivity contribution in [1.29, 1.82) is 0 Å². The second-order valence-corrected chi connectivity index (χ2v) is 9.90. The minimum absolute atomic E-state index is 0.000801. The van der Waals surface area contributed by atoms with Gasteiger partial charge in [0.1, 0.15) is 17.3 Å². The fraction of sp³-hybridized carbons (Fsp3) is 0.267. The summed E-state index contributed by atoms with van der Waals surface area (Å²) in [5, 5.41) is 11.7. The first-order chi connectivity index (χ1) is 17.1. The first-order valence-electron chi connectivity index (χ1n) is 11.8. The fourth-order valence-corrected chi connectivity index (χ4v) is 4.55. The summed E-state index contributed by atoms with van der Waals surface area (Å²) in [5.74, 6) is -0.751. The number of carbonyl (C=O) groups excluding carboxylic acids is 2. The maximum atomic E-state index is 13.6. The third-order valence-electron chi connectivity index (χ3n) is 6.55. The summed E-state index contributed by atoms with van der Waals surface area (Å²) in [6, 6.07) is 19.2. The van der Waals surface area contributed by atoms with E-state index in [2.05, 4.69) is 20.8 Å². The van der Waals surface area contributed by atoms with Crippen molar-refractivity contribution < 1.29 is 24.2 Å². The molecule has 0 aromatic heterocycles. The summed E-state index contributed by atoms with van der Waals surface area (Å²) in [6.07, 6.45) is 0. The number of nitrogens with zero attached hydrogens (tertiary/aromatic N) is 1. The molecule has 4 rings (SSSR count). The van der Waals surface area contributed by atoms with Crippen molar-refractivity contribution in [2.24, 2.45) is 0 Å². The molecule has 1 aliphatic rings. The first kappa shape index (κ1) is 25.0. The Morgan fingerprint density at radius 2 is 1.64 bits per heavy atom. The van der Waals surface area contributed by atoms with Crippen molar-refractivity contribution >= 4 is 23.1 Å². The van der Waals surface area contributed by atoms with E-state index in [4.69, 9.17) is 9.47 Å². The highest BCUT2D eigenvalue weighted by atomic mass is 16.5. The topological polar surface area (TPSA) is 76.1 Å². The number of methoxy groups -OCH3 is 2. The maximum absolute atomic E-state index is 13.6. The van der Waals surface area contributed by atoms with Crippen LogP contribution < -0.4 is 14.4 Å². The number of aliphatic hydroxyl groups excluding tert-OH is 1. The maximum Gasteiger partial charge on any atom is 0.300 e. The van der Waals surface area contributed by atoms with Gasteiger partial charge in [-0.2, -0.15) is 0 Å². The first-order valence-corrected chi connectivity index (χ1v) is 11.8. The Morgan fingerprint density at radius 3 is 2.28 bits per heavy atom. The molecule has 186 valence electrons. The lowest BCUT2D eigenvalue weighted by atomic mass is 9.85. The standard InChI is InChI=1S/C30H31NO5/c1-18-10-7-8-13-23(18)31-26(19-11-9-12-21(16-19)35-5)25(28(33)29(31)34)27(32)22-17-20(30(2,3)4)14-15-24(22)36-6/h7-17,26,32H,1-6H3/b27-25+. The van der Waals surface area contributed by atoms with E-state index in [0.29, 0.717) is 28.3 Å². The molecular weight excluding hydrogens is 454 g/mol. The molecule has 0 aliphatic carbocycles. The Hall–Kier alpha value is -4.06. The van der Waals surface area contributed by atoms with Crippen LogP contribution >= 0.6 is 0 Å². The molecule has 1 N–H and O–H groups in total. The summed E-state index contributed by atoms with van der Waals surface area (Å²) in [6.45, 7) is 8.07. The van der Waals surface area contributed by atoms with Crippen molar-refractivity contribution in [2.75, 3.05) is 19.1 Å². The highest BCUT2D eigenvalue weighted by Gasteiger charge is 2.47. The number of aryl methyl sites for hydroxylation is 1. The monoisotopic (exact) mass is 485 g/mol. The summed E-state index contributed by atoms with van der Waals surface area (Å²) in [4.78, 5) is 28.5. The predicted octanol–water partition coefficient (Wildman–Crippen LogP) is 5.94. The molecule has 6 nitrogen and oxygen atoms in total. The van der Waals surface area contributed by atoms with Gasteiger partial charge in [-0.3, -0.25) is 14.5 Å². The number of hydrogen-bond donors (Lipinski definition) is 1. The summed E-state index contributed by atoms with van der Waals surface area (Å²) in [7, 11) is 3.06. The van der Waals surface area contributed by atoms with Gasteiger partial charge in [-0.1, -0.05) is 57.2 Å². The van der Waals surface area contributed by atoms with Crippen LogP contribution in [0, 0.1) is 6.92 Å². The van der Waals surface area contributed by atoms with E-state index in [1.54, 1.807) is 37.4 Å². The molecule has 0 spiro atoms. The summed E-state index contributed by atoms with van der Waals surface area (Å²) < 4.78 is 11.0. The highest BCUT2D eigenvalue weighted by molar-refractivity contribution is 6.51. The van der Waals surface area contributed by atoms with E-state index in [0.717, 1.165) is 11.1 Å². The number of hydrogen-bond acceptors (Lipinski definition) is 5. The molecule has 1 aliphatic heterocycles. The van der Waals surface area contributed by atoms with Gasteiger partial charge in [0, 0.05) is 5.69 Å². The van der Waals surface area contributed by atoms with Crippen molar-refractivity contribution in [3.8, 4) is 11.5 Å². The number of ketones is 1. The molecule has 1 atom stereocenters. The zero-order valence-corrected chi connectivity index (χ0v) is 21.5. The number of aliphatic hydroxyl groups is 1. The number of anilines is 1. The Bertz CT molecular complexity index is 1370. The van der Waals surface area contributed by atoms with Gasteiger partial charge < -0.3 is 14.6 Å². The van der Waals surface area contributed by atoms with E-state index in [9.17, 15) is 14.7 Å². The number of amides is 1. The predicted molar refractivity (Wildman–Crippen MR) is 141 cm³/mol. The molecule has 3 aromatic carbocycles. The molecule has 36 heavy (non-hydrogen) atoms.